The van der Waals surface area contributed by atoms with Crippen molar-refractivity contribution >= 4 is 16.5 Å². The molecule has 1 aromatic carbocycles. The molecule has 0 aliphatic heterocycles. The third-order valence-corrected chi connectivity index (χ3v) is 6.15. The Morgan fingerprint density at radius 2 is 1.74 bits per heavy atom. The number of aliphatic hydroxyl groups is 1. The summed E-state index contributed by atoms with van der Waals surface area (Å²) in [6.07, 6.45) is -11.6. The SMILES string of the molecule is C[C@@H](C[C@H](F)Cn1ccc2cc(-c3ncc([C@@H](O)C(F)(F)F)cn3)c(F)cc2c1=O)Nc1cn[nH]c(=O)c1C(F)(F)F. The van der Waals surface area contributed by atoms with Crippen molar-refractivity contribution in [3.05, 3.63) is 80.6 Å². The van der Waals surface area contributed by atoms with Crippen LogP contribution >= 0.6 is 0 Å². The second-order valence-corrected chi connectivity index (χ2v) is 9.34. The third-order valence-electron chi connectivity index (χ3n) is 6.15. The van der Waals surface area contributed by atoms with Gasteiger partial charge in [-0.3, -0.25) is 9.59 Å². The maximum absolute atomic E-state index is 14.9. The average Bonchev–Trinajstić information content (AvgIpc) is 2.88. The summed E-state index contributed by atoms with van der Waals surface area (Å²) in [4.78, 5) is 31.9. The highest BCUT2D eigenvalue weighted by molar-refractivity contribution is 5.86. The number of nitrogens with one attached hydrogen (secondary N) is 2. The number of nitrogens with zero attached hydrogens (tertiary/aromatic N) is 4. The molecular weight excluding hydrogens is 584 g/mol. The Hall–Kier alpha value is -4.41. The van der Waals surface area contributed by atoms with Crippen LogP contribution in [-0.2, 0) is 12.7 Å². The molecule has 0 aliphatic carbocycles. The van der Waals surface area contributed by atoms with Crippen LogP contribution in [0.15, 0.2) is 52.6 Å². The van der Waals surface area contributed by atoms with Crippen molar-refractivity contribution in [3.63, 3.8) is 0 Å². The van der Waals surface area contributed by atoms with Gasteiger partial charge >= 0.3 is 12.4 Å². The van der Waals surface area contributed by atoms with Gasteiger partial charge in [0.25, 0.3) is 11.1 Å². The van der Waals surface area contributed by atoms with Gasteiger partial charge in [0.05, 0.1) is 29.4 Å². The second kappa shape index (κ2) is 11.5. The zero-order valence-corrected chi connectivity index (χ0v) is 21.3. The molecule has 4 rings (SSSR count). The van der Waals surface area contributed by atoms with Gasteiger partial charge in [-0.25, -0.2) is 23.8 Å². The van der Waals surface area contributed by atoms with Crippen molar-refractivity contribution in [1.82, 2.24) is 24.7 Å². The topological polar surface area (TPSA) is 126 Å². The number of H-pyrrole nitrogens is 1. The molecule has 0 radical (unpaired) electrons. The standard InChI is InChI=1S/C25H20F8N6O3/c1-11(37-18-9-36-38-22(41)19(18)24(28,29)30)4-14(26)10-39-3-2-12-5-16(17(27)6-15(12)23(39)42)21-34-7-13(8-35-21)20(40)25(31,32)33/h2-3,5-9,11,14,20,40H,4,10H2,1H3,(H2,37,38,41)/t11-,14-,20+/m0/s1. The van der Waals surface area contributed by atoms with Crippen LogP contribution in [0.4, 0.5) is 40.8 Å². The molecule has 3 atom stereocenters. The van der Waals surface area contributed by atoms with Gasteiger partial charge in [0.1, 0.15) is 17.6 Å². The molecule has 0 amide bonds. The fourth-order valence-corrected chi connectivity index (χ4v) is 4.21. The molecule has 224 valence electrons. The van der Waals surface area contributed by atoms with Gasteiger partial charge in [-0.1, -0.05) is 0 Å². The maximum atomic E-state index is 14.9. The minimum atomic E-state index is -4.99. The number of fused-ring (bicyclic) bond motifs is 1. The lowest BCUT2D eigenvalue weighted by molar-refractivity contribution is -0.206. The van der Waals surface area contributed by atoms with Crippen LogP contribution in [0.5, 0.6) is 0 Å². The Morgan fingerprint density at radius 1 is 1.07 bits per heavy atom. The molecular formula is C25H20F8N6O3. The largest absolute Gasteiger partial charge is 0.423 e. The van der Waals surface area contributed by atoms with Crippen LogP contribution in [0.25, 0.3) is 22.2 Å². The summed E-state index contributed by atoms with van der Waals surface area (Å²) in [6.45, 7) is 0.836. The molecule has 17 heteroatoms. The first-order valence-corrected chi connectivity index (χ1v) is 12.0. The minimum Gasteiger partial charge on any atom is -0.381 e. The number of halogens is 8. The molecule has 0 spiro atoms. The lowest BCUT2D eigenvalue weighted by Crippen LogP contribution is -2.30. The smallest absolute Gasteiger partial charge is 0.381 e. The lowest BCUT2D eigenvalue weighted by atomic mass is 10.1. The number of aliphatic hydroxyl groups excluding tert-OH is 1. The van der Waals surface area contributed by atoms with E-state index in [0.29, 0.717) is 12.4 Å². The zero-order chi connectivity index (χ0) is 31.0. The first kappa shape index (κ1) is 30.5. The second-order valence-electron chi connectivity index (χ2n) is 9.34. The molecule has 3 N–H and O–H groups in total. The quantitative estimate of drug-likeness (QED) is 0.253. The van der Waals surface area contributed by atoms with E-state index in [1.807, 2.05) is 0 Å². The van der Waals surface area contributed by atoms with E-state index in [4.69, 9.17) is 0 Å². The predicted octanol–water partition coefficient (Wildman–Crippen LogP) is 4.52. The lowest BCUT2D eigenvalue weighted by Gasteiger charge is -2.20. The number of rotatable bonds is 8. The third kappa shape index (κ3) is 6.56. The summed E-state index contributed by atoms with van der Waals surface area (Å²) in [5, 5.41) is 16.7. The molecule has 0 fully saturated rings. The van der Waals surface area contributed by atoms with E-state index in [0.717, 1.165) is 16.8 Å². The highest BCUT2D eigenvalue weighted by Gasteiger charge is 2.40. The molecule has 3 aromatic heterocycles. The van der Waals surface area contributed by atoms with Gasteiger partial charge in [0, 0.05) is 36.6 Å². The van der Waals surface area contributed by atoms with Gasteiger partial charge < -0.3 is 15.0 Å². The van der Waals surface area contributed by atoms with E-state index < -0.39 is 71.0 Å². The number of hydrogen-bond donors (Lipinski definition) is 3. The van der Waals surface area contributed by atoms with Crippen LogP contribution < -0.4 is 16.4 Å². The average molecular weight is 604 g/mol. The van der Waals surface area contributed by atoms with Crippen molar-refractivity contribution in [2.75, 3.05) is 5.32 Å². The number of benzene rings is 1. The number of pyridine rings is 1. The van der Waals surface area contributed by atoms with E-state index in [9.17, 15) is 49.8 Å². The van der Waals surface area contributed by atoms with Crippen molar-refractivity contribution in [2.24, 2.45) is 0 Å². The van der Waals surface area contributed by atoms with Gasteiger partial charge in [-0.15, -0.1) is 0 Å². The summed E-state index contributed by atoms with van der Waals surface area (Å²) in [5.74, 6) is -1.31. The molecule has 0 saturated heterocycles. The Labute approximate surface area is 229 Å². The number of alkyl halides is 7. The highest BCUT2D eigenvalue weighted by atomic mass is 19.4. The summed E-state index contributed by atoms with van der Waals surface area (Å²) < 4.78 is 108. The number of aromatic nitrogens is 5. The maximum Gasteiger partial charge on any atom is 0.423 e. The van der Waals surface area contributed by atoms with Crippen LogP contribution in [0.1, 0.15) is 30.6 Å². The first-order valence-electron chi connectivity index (χ1n) is 12.0. The first-order chi connectivity index (χ1) is 19.6. The molecule has 9 nitrogen and oxygen atoms in total. The van der Waals surface area contributed by atoms with Gasteiger partial charge in [0.15, 0.2) is 11.9 Å². The molecule has 0 saturated carbocycles. The van der Waals surface area contributed by atoms with Crippen molar-refractivity contribution < 1.29 is 40.2 Å². The van der Waals surface area contributed by atoms with Gasteiger partial charge in [-0.2, -0.15) is 31.4 Å². The zero-order valence-electron chi connectivity index (χ0n) is 21.3. The van der Waals surface area contributed by atoms with E-state index in [-0.39, 0.29) is 28.6 Å². The summed E-state index contributed by atoms with van der Waals surface area (Å²) in [5.41, 5.74) is -5.33. The Balaban J connectivity index is 1.51. The Kier molecular flexibility index (Phi) is 8.34. The minimum absolute atomic E-state index is 0.161. The van der Waals surface area contributed by atoms with E-state index in [1.165, 1.54) is 25.3 Å². The van der Waals surface area contributed by atoms with Gasteiger partial charge in [-0.05, 0) is 30.5 Å². The van der Waals surface area contributed by atoms with E-state index >= 15 is 0 Å². The summed E-state index contributed by atoms with van der Waals surface area (Å²) >= 11 is 0. The van der Waals surface area contributed by atoms with E-state index in [2.05, 4.69) is 20.4 Å². The summed E-state index contributed by atoms with van der Waals surface area (Å²) in [7, 11) is 0. The van der Waals surface area contributed by atoms with Crippen LogP contribution in [0, 0.1) is 5.82 Å². The van der Waals surface area contributed by atoms with Crippen LogP contribution in [0.3, 0.4) is 0 Å². The highest BCUT2D eigenvalue weighted by Crippen LogP contribution is 2.33. The number of hydrogen-bond acceptors (Lipinski definition) is 7. The molecule has 0 aliphatic rings. The Bertz CT molecular complexity index is 1700. The fourth-order valence-electron chi connectivity index (χ4n) is 4.21. The molecule has 0 bridgehead atoms. The van der Waals surface area contributed by atoms with Crippen molar-refractivity contribution in [3.8, 4) is 11.4 Å². The van der Waals surface area contributed by atoms with Crippen molar-refractivity contribution in [1.29, 1.82) is 0 Å². The van der Waals surface area contributed by atoms with Crippen molar-refractivity contribution in [2.45, 2.75) is 50.6 Å². The number of anilines is 1. The summed E-state index contributed by atoms with van der Waals surface area (Å²) in [6, 6.07) is 2.44. The van der Waals surface area contributed by atoms with Gasteiger partial charge in [0.2, 0.25) is 0 Å². The van der Waals surface area contributed by atoms with E-state index in [1.54, 1.807) is 5.10 Å². The molecule has 42 heavy (non-hydrogen) atoms. The number of aromatic amines is 1. The van der Waals surface area contributed by atoms with Crippen LogP contribution in [0.2, 0.25) is 0 Å². The molecule has 3 heterocycles. The monoisotopic (exact) mass is 604 g/mol. The molecule has 0 unspecified atom stereocenters. The Morgan fingerprint density at radius 3 is 2.36 bits per heavy atom. The van der Waals surface area contributed by atoms with Crippen LogP contribution in [-0.4, -0.2) is 48.2 Å². The predicted molar refractivity (Wildman–Crippen MR) is 133 cm³/mol. The molecule has 4 aromatic rings. The fraction of sp³-hybridized carbons (Fsp3) is 0.320. The normalized spacial score (nSPS) is 14.5.